The third kappa shape index (κ3) is 2.97. The summed E-state index contributed by atoms with van der Waals surface area (Å²) in [5.74, 6) is 0.282. The second kappa shape index (κ2) is 4.85. The SMILES string of the molecule is CC[C@H]1CCN(C(=O)OC(C)(C)C)[C@@H]1C=O. The first-order chi connectivity index (χ1) is 7.39. The Morgan fingerprint density at radius 3 is 2.56 bits per heavy atom. The fourth-order valence-electron chi connectivity index (χ4n) is 2.04. The van der Waals surface area contributed by atoms with Crippen molar-refractivity contribution in [2.24, 2.45) is 5.92 Å². The average molecular weight is 227 g/mol. The highest BCUT2D eigenvalue weighted by Gasteiger charge is 2.37. The number of hydrogen-bond acceptors (Lipinski definition) is 3. The molecule has 1 fully saturated rings. The Morgan fingerprint density at radius 2 is 2.12 bits per heavy atom. The van der Waals surface area contributed by atoms with Gasteiger partial charge in [0.05, 0.1) is 6.04 Å². The van der Waals surface area contributed by atoms with Gasteiger partial charge in [-0.1, -0.05) is 13.3 Å². The molecule has 4 heteroatoms. The molecular formula is C12H21NO3. The molecule has 0 saturated carbocycles. The predicted molar refractivity (Wildman–Crippen MR) is 61.2 cm³/mol. The van der Waals surface area contributed by atoms with Crippen LogP contribution in [0, 0.1) is 5.92 Å². The van der Waals surface area contributed by atoms with Crippen LogP contribution in [0.5, 0.6) is 0 Å². The molecule has 0 aromatic heterocycles. The molecule has 92 valence electrons. The maximum absolute atomic E-state index is 11.8. The molecule has 0 aromatic rings. The Hall–Kier alpha value is -1.06. The van der Waals surface area contributed by atoms with E-state index in [1.54, 1.807) is 4.90 Å². The van der Waals surface area contributed by atoms with E-state index in [9.17, 15) is 9.59 Å². The van der Waals surface area contributed by atoms with Crippen LogP contribution in [-0.4, -0.2) is 35.5 Å². The van der Waals surface area contributed by atoms with E-state index in [0.717, 1.165) is 19.1 Å². The molecule has 1 saturated heterocycles. The van der Waals surface area contributed by atoms with Gasteiger partial charge in [-0.2, -0.15) is 0 Å². The highest BCUT2D eigenvalue weighted by Crippen LogP contribution is 2.27. The molecule has 0 aromatic carbocycles. The average Bonchev–Trinajstić information content (AvgIpc) is 2.57. The van der Waals surface area contributed by atoms with Gasteiger partial charge in [0, 0.05) is 6.54 Å². The van der Waals surface area contributed by atoms with Crippen molar-refractivity contribution < 1.29 is 14.3 Å². The van der Waals surface area contributed by atoms with Gasteiger partial charge in [0.1, 0.15) is 11.9 Å². The molecule has 0 unspecified atom stereocenters. The number of aldehydes is 1. The summed E-state index contributed by atoms with van der Waals surface area (Å²) in [5, 5.41) is 0. The molecule has 0 aliphatic carbocycles. The minimum absolute atomic E-state index is 0.282. The summed E-state index contributed by atoms with van der Waals surface area (Å²) < 4.78 is 5.27. The topological polar surface area (TPSA) is 46.6 Å². The summed E-state index contributed by atoms with van der Waals surface area (Å²) in [6.45, 7) is 8.15. The van der Waals surface area contributed by atoms with Crippen molar-refractivity contribution in [3.05, 3.63) is 0 Å². The third-order valence-corrected chi connectivity index (χ3v) is 2.88. The Balaban J connectivity index is 2.67. The molecule has 1 amide bonds. The third-order valence-electron chi connectivity index (χ3n) is 2.88. The van der Waals surface area contributed by atoms with Gasteiger partial charge in [0.15, 0.2) is 0 Å². The second-order valence-corrected chi connectivity index (χ2v) is 5.26. The normalized spacial score (nSPS) is 25.6. The summed E-state index contributed by atoms with van der Waals surface area (Å²) >= 11 is 0. The van der Waals surface area contributed by atoms with Crippen molar-refractivity contribution in [3.63, 3.8) is 0 Å². The lowest BCUT2D eigenvalue weighted by Crippen LogP contribution is -2.42. The number of nitrogens with zero attached hydrogens (tertiary/aromatic N) is 1. The number of hydrogen-bond donors (Lipinski definition) is 0. The molecule has 0 bridgehead atoms. The maximum atomic E-state index is 11.8. The van der Waals surface area contributed by atoms with Crippen molar-refractivity contribution in [1.82, 2.24) is 4.90 Å². The van der Waals surface area contributed by atoms with E-state index in [-0.39, 0.29) is 18.1 Å². The quantitative estimate of drug-likeness (QED) is 0.679. The smallest absolute Gasteiger partial charge is 0.410 e. The van der Waals surface area contributed by atoms with E-state index in [0.29, 0.717) is 6.54 Å². The van der Waals surface area contributed by atoms with Gasteiger partial charge >= 0.3 is 6.09 Å². The van der Waals surface area contributed by atoms with E-state index in [1.165, 1.54) is 0 Å². The van der Waals surface area contributed by atoms with Crippen LogP contribution in [0.25, 0.3) is 0 Å². The van der Waals surface area contributed by atoms with E-state index in [4.69, 9.17) is 4.74 Å². The summed E-state index contributed by atoms with van der Waals surface area (Å²) in [7, 11) is 0. The molecule has 4 nitrogen and oxygen atoms in total. The summed E-state index contributed by atoms with van der Waals surface area (Å²) in [6.07, 6.45) is 2.30. The van der Waals surface area contributed by atoms with Gasteiger partial charge in [-0.3, -0.25) is 4.90 Å². The lowest BCUT2D eigenvalue weighted by Gasteiger charge is -2.27. The number of likely N-dealkylation sites (tertiary alicyclic amines) is 1. The van der Waals surface area contributed by atoms with E-state index in [2.05, 4.69) is 0 Å². The van der Waals surface area contributed by atoms with Gasteiger partial charge in [-0.15, -0.1) is 0 Å². The van der Waals surface area contributed by atoms with Crippen LogP contribution in [0.4, 0.5) is 4.79 Å². The zero-order valence-electron chi connectivity index (χ0n) is 10.5. The fourth-order valence-corrected chi connectivity index (χ4v) is 2.04. The fraction of sp³-hybridized carbons (Fsp3) is 0.833. The largest absolute Gasteiger partial charge is 0.444 e. The van der Waals surface area contributed by atoms with E-state index < -0.39 is 5.60 Å². The summed E-state index contributed by atoms with van der Waals surface area (Å²) in [4.78, 5) is 24.4. The van der Waals surface area contributed by atoms with Gasteiger partial charge in [0.2, 0.25) is 0 Å². The standard InChI is InChI=1S/C12H21NO3/c1-5-9-6-7-13(10(9)8-14)11(15)16-12(2,3)4/h8-10H,5-7H2,1-4H3/t9-,10+/m0/s1. The Labute approximate surface area is 96.9 Å². The lowest BCUT2D eigenvalue weighted by molar-refractivity contribution is -0.112. The minimum atomic E-state index is -0.505. The molecule has 1 aliphatic rings. The molecule has 0 N–H and O–H groups in total. The molecule has 1 aliphatic heterocycles. The van der Waals surface area contributed by atoms with Crippen molar-refractivity contribution in [2.75, 3.05) is 6.54 Å². The number of carbonyl (C=O) groups is 2. The van der Waals surface area contributed by atoms with E-state index >= 15 is 0 Å². The molecular weight excluding hydrogens is 206 g/mol. The maximum Gasteiger partial charge on any atom is 0.410 e. The molecule has 1 heterocycles. The van der Waals surface area contributed by atoms with Crippen molar-refractivity contribution in [2.45, 2.75) is 52.2 Å². The minimum Gasteiger partial charge on any atom is -0.444 e. The zero-order valence-corrected chi connectivity index (χ0v) is 10.5. The van der Waals surface area contributed by atoms with E-state index in [1.807, 2.05) is 27.7 Å². The van der Waals surface area contributed by atoms with Crippen LogP contribution in [0.1, 0.15) is 40.5 Å². The Bertz CT molecular complexity index is 270. The highest BCUT2D eigenvalue weighted by molar-refractivity contribution is 5.74. The van der Waals surface area contributed by atoms with Crippen molar-refractivity contribution >= 4 is 12.4 Å². The lowest BCUT2D eigenvalue weighted by atomic mass is 9.99. The first kappa shape index (κ1) is 13.0. The van der Waals surface area contributed by atoms with Gasteiger partial charge < -0.3 is 9.53 Å². The number of rotatable bonds is 2. The van der Waals surface area contributed by atoms with Crippen molar-refractivity contribution in [3.8, 4) is 0 Å². The first-order valence-electron chi connectivity index (χ1n) is 5.84. The van der Waals surface area contributed by atoms with Crippen LogP contribution in [-0.2, 0) is 9.53 Å². The first-order valence-corrected chi connectivity index (χ1v) is 5.84. The van der Waals surface area contributed by atoms with Gasteiger partial charge in [0.25, 0.3) is 0 Å². The van der Waals surface area contributed by atoms with Crippen LogP contribution < -0.4 is 0 Å². The molecule has 1 rings (SSSR count). The van der Waals surface area contributed by atoms with Gasteiger partial charge in [-0.05, 0) is 33.1 Å². The Kier molecular flexibility index (Phi) is 3.94. The van der Waals surface area contributed by atoms with Crippen LogP contribution in [0.15, 0.2) is 0 Å². The van der Waals surface area contributed by atoms with Gasteiger partial charge in [-0.25, -0.2) is 4.79 Å². The van der Waals surface area contributed by atoms with Crippen LogP contribution in [0.3, 0.4) is 0 Å². The molecule has 16 heavy (non-hydrogen) atoms. The summed E-state index contributed by atoms with van der Waals surface area (Å²) in [5.41, 5.74) is -0.505. The number of amides is 1. The monoisotopic (exact) mass is 227 g/mol. The number of ether oxygens (including phenoxy) is 1. The van der Waals surface area contributed by atoms with Crippen LogP contribution >= 0.6 is 0 Å². The molecule has 2 atom stereocenters. The second-order valence-electron chi connectivity index (χ2n) is 5.26. The van der Waals surface area contributed by atoms with Crippen molar-refractivity contribution in [1.29, 1.82) is 0 Å². The number of carbonyl (C=O) groups excluding carboxylic acids is 2. The molecule has 0 spiro atoms. The predicted octanol–water partition coefficient (Wildman–Crippen LogP) is 2.22. The Morgan fingerprint density at radius 1 is 1.50 bits per heavy atom. The molecule has 0 radical (unpaired) electrons. The highest BCUT2D eigenvalue weighted by atomic mass is 16.6. The summed E-state index contributed by atoms with van der Waals surface area (Å²) in [6, 6.07) is -0.306. The zero-order chi connectivity index (χ0) is 12.3. The van der Waals surface area contributed by atoms with Crippen LogP contribution in [0.2, 0.25) is 0 Å².